The van der Waals surface area contributed by atoms with Crippen LogP contribution >= 0.6 is 11.3 Å². The van der Waals surface area contributed by atoms with E-state index >= 15 is 0 Å². The van der Waals surface area contributed by atoms with Gasteiger partial charge in [-0.15, -0.1) is 10.2 Å². The summed E-state index contributed by atoms with van der Waals surface area (Å²) in [7, 11) is 1.78. The molecule has 0 fully saturated rings. The average molecular weight is 244 g/mol. The quantitative estimate of drug-likeness (QED) is 0.772. The standard InChI is InChI=1S/C9H16N4O2S/c1-9(2,15)5-13(3)4-7(14)11-8-12-10-6-16-8/h6,15H,4-5H2,1-3H3,(H,11,12,14). The Hall–Kier alpha value is -1.05. The van der Waals surface area contributed by atoms with Crippen LogP contribution in [0.4, 0.5) is 5.13 Å². The van der Waals surface area contributed by atoms with Crippen molar-refractivity contribution in [2.75, 3.05) is 25.5 Å². The number of carbonyl (C=O) groups excluding carboxylic acids is 1. The molecule has 0 saturated heterocycles. The number of nitrogens with zero attached hydrogens (tertiary/aromatic N) is 3. The fraction of sp³-hybridized carbons (Fsp3) is 0.667. The summed E-state index contributed by atoms with van der Waals surface area (Å²) in [5.41, 5.74) is 0.744. The zero-order valence-electron chi connectivity index (χ0n) is 9.60. The Balaban J connectivity index is 2.34. The third kappa shape index (κ3) is 5.15. The van der Waals surface area contributed by atoms with E-state index in [9.17, 15) is 9.90 Å². The predicted molar refractivity (Wildman–Crippen MR) is 62.3 cm³/mol. The molecule has 90 valence electrons. The normalized spacial score (nSPS) is 11.8. The molecule has 0 radical (unpaired) electrons. The van der Waals surface area contributed by atoms with Gasteiger partial charge < -0.3 is 5.11 Å². The van der Waals surface area contributed by atoms with Gasteiger partial charge in [-0.3, -0.25) is 15.0 Å². The predicted octanol–water partition coefficient (Wildman–Crippen LogP) is 0.179. The summed E-state index contributed by atoms with van der Waals surface area (Å²) in [6.45, 7) is 4.04. The second-order valence-electron chi connectivity index (χ2n) is 4.28. The Morgan fingerprint density at radius 1 is 1.69 bits per heavy atom. The number of likely N-dealkylation sites (N-methyl/N-ethyl adjacent to an activating group) is 1. The molecule has 2 N–H and O–H groups in total. The third-order valence-corrected chi connectivity index (χ3v) is 2.28. The molecule has 0 aromatic carbocycles. The first kappa shape index (κ1) is 13.0. The summed E-state index contributed by atoms with van der Waals surface area (Å²) < 4.78 is 0. The van der Waals surface area contributed by atoms with Crippen LogP contribution in [0.3, 0.4) is 0 Å². The first-order valence-electron chi connectivity index (χ1n) is 4.84. The Kier molecular flexibility index (Phi) is 4.34. The molecule has 0 bridgehead atoms. The van der Waals surface area contributed by atoms with E-state index < -0.39 is 5.60 Å². The van der Waals surface area contributed by atoms with Crippen LogP contribution < -0.4 is 5.32 Å². The number of hydrogen-bond acceptors (Lipinski definition) is 6. The van der Waals surface area contributed by atoms with Gasteiger partial charge in [0.2, 0.25) is 11.0 Å². The van der Waals surface area contributed by atoms with Crippen LogP contribution in [0.25, 0.3) is 0 Å². The van der Waals surface area contributed by atoms with E-state index in [1.165, 1.54) is 11.3 Å². The summed E-state index contributed by atoms with van der Waals surface area (Å²) >= 11 is 1.27. The zero-order chi connectivity index (χ0) is 12.2. The highest BCUT2D eigenvalue weighted by Gasteiger charge is 2.17. The van der Waals surface area contributed by atoms with Crippen molar-refractivity contribution in [3.05, 3.63) is 5.51 Å². The minimum absolute atomic E-state index is 0.163. The van der Waals surface area contributed by atoms with Gasteiger partial charge in [-0.1, -0.05) is 11.3 Å². The number of aromatic nitrogens is 2. The average Bonchev–Trinajstić information content (AvgIpc) is 2.51. The van der Waals surface area contributed by atoms with Crippen molar-refractivity contribution in [2.45, 2.75) is 19.4 Å². The molecule has 1 rings (SSSR count). The number of amides is 1. The number of anilines is 1. The molecule has 1 aromatic rings. The lowest BCUT2D eigenvalue weighted by molar-refractivity contribution is -0.117. The molecule has 7 heteroatoms. The second-order valence-corrected chi connectivity index (χ2v) is 5.11. The minimum atomic E-state index is -0.808. The molecule has 0 saturated carbocycles. The van der Waals surface area contributed by atoms with Crippen molar-refractivity contribution in [3.8, 4) is 0 Å². The second kappa shape index (κ2) is 5.33. The van der Waals surface area contributed by atoms with E-state index in [2.05, 4.69) is 15.5 Å². The van der Waals surface area contributed by atoms with Crippen LogP contribution in [-0.2, 0) is 4.79 Å². The van der Waals surface area contributed by atoms with Gasteiger partial charge in [-0.05, 0) is 20.9 Å². The van der Waals surface area contributed by atoms with Crippen LogP contribution in [0.2, 0.25) is 0 Å². The first-order valence-corrected chi connectivity index (χ1v) is 5.72. The largest absolute Gasteiger partial charge is 0.389 e. The van der Waals surface area contributed by atoms with Crippen LogP contribution in [-0.4, -0.2) is 51.8 Å². The monoisotopic (exact) mass is 244 g/mol. The molecule has 0 unspecified atom stereocenters. The Bertz CT molecular complexity index is 334. The summed E-state index contributed by atoms with van der Waals surface area (Å²) in [5, 5.41) is 20.0. The van der Waals surface area contributed by atoms with Gasteiger partial charge in [-0.2, -0.15) is 0 Å². The maximum Gasteiger partial charge on any atom is 0.240 e. The van der Waals surface area contributed by atoms with Gasteiger partial charge in [0.05, 0.1) is 12.1 Å². The van der Waals surface area contributed by atoms with E-state index in [1.807, 2.05) is 0 Å². The molecule has 1 heterocycles. The van der Waals surface area contributed by atoms with E-state index in [0.717, 1.165) is 0 Å². The van der Waals surface area contributed by atoms with Crippen LogP contribution in [0.5, 0.6) is 0 Å². The lowest BCUT2D eigenvalue weighted by Crippen LogP contribution is -2.40. The number of carbonyl (C=O) groups is 1. The van der Waals surface area contributed by atoms with Crippen molar-refractivity contribution < 1.29 is 9.90 Å². The van der Waals surface area contributed by atoms with E-state index in [-0.39, 0.29) is 12.5 Å². The zero-order valence-corrected chi connectivity index (χ0v) is 10.4. The molecule has 0 atom stereocenters. The van der Waals surface area contributed by atoms with Crippen molar-refractivity contribution in [1.82, 2.24) is 15.1 Å². The molecule has 6 nitrogen and oxygen atoms in total. The van der Waals surface area contributed by atoms with Gasteiger partial charge in [0.25, 0.3) is 0 Å². The van der Waals surface area contributed by atoms with Crippen LogP contribution in [0, 0.1) is 0 Å². The third-order valence-electron chi connectivity index (χ3n) is 1.68. The Labute approximate surface area is 98.3 Å². The van der Waals surface area contributed by atoms with Gasteiger partial charge >= 0.3 is 0 Å². The topological polar surface area (TPSA) is 78.4 Å². The molecular weight excluding hydrogens is 228 g/mol. The SMILES string of the molecule is CN(CC(=O)Nc1nncs1)CC(C)(C)O. The van der Waals surface area contributed by atoms with Crippen molar-refractivity contribution >= 4 is 22.4 Å². The lowest BCUT2D eigenvalue weighted by atomic mass is 10.1. The molecule has 1 amide bonds. The van der Waals surface area contributed by atoms with E-state index in [4.69, 9.17) is 0 Å². The van der Waals surface area contributed by atoms with Crippen molar-refractivity contribution in [3.63, 3.8) is 0 Å². The molecule has 0 aliphatic carbocycles. The molecule has 0 aliphatic heterocycles. The van der Waals surface area contributed by atoms with Gasteiger partial charge in [0.1, 0.15) is 5.51 Å². The van der Waals surface area contributed by atoms with Crippen molar-refractivity contribution in [1.29, 1.82) is 0 Å². The molecular formula is C9H16N4O2S. The number of hydrogen-bond donors (Lipinski definition) is 2. The van der Waals surface area contributed by atoms with Crippen LogP contribution in [0.1, 0.15) is 13.8 Å². The molecule has 16 heavy (non-hydrogen) atoms. The van der Waals surface area contributed by atoms with Gasteiger partial charge in [0.15, 0.2) is 0 Å². The van der Waals surface area contributed by atoms with E-state index in [1.54, 1.807) is 31.3 Å². The molecule has 1 aromatic heterocycles. The smallest absolute Gasteiger partial charge is 0.240 e. The number of nitrogens with one attached hydrogen (secondary N) is 1. The summed E-state index contributed by atoms with van der Waals surface area (Å²) in [5.74, 6) is -0.163. The summed E-state index contributed by atoms with van der Waals surface area (Å²) in [6, 6.07) is 0. The minimum Gasteiger partial charge on any atom is -0.389 e. The number of aliphatic hydroxyl groups is 1. The first-order chi connectivity index (χ1) is 7.37. The van der Waals surface area contributed by atoms with Crippen LogP contribution in [0.15, 0.2) is 5.51 Å². The Morgan fingerprint density at radius 2 is 2.38 bits per heavy atom. The highest BCUT2D eigenvalue weighted by atomic mass is 32.1. The maximum absolute atomic E-state index is 11.5. The fourth-order valence-electron chi connectivity index (χ4n) is 1.35. The van der Waals surface area contributed by atoms with Gasteiger partial charge in [-0.25, -0.2) is 0 Å². The highest BCUT2D eigenvalue weighted by Crippen LogP contribution is 2.08. The number of rotatable bonds is 5. The fourth-order valence-corrected chi connectivity index (χ4v) is 1.81. The molecule has 0 aliphatic rings. The highest BCUT2D eigenvalue weighted by molar-refractivity contribution is 7.13. The maximum atomic E-state index is 11.5. The Morgan fingerprint density at radius 3 is 2.88 bits per heavy atom. The summed E-state index contributed by atoms with van der Waals surface area (Å²) in [6.07, 6.45) is 0. The summed E-state index contributed by atoms with van der Waals surface area (Å²) in [4.78, 5) is 13.3. The molecule has 0 spiro atoms. The van der Waals surface area contributed by atoms with E-state index in [0.29, 0.717) is 11.7 Å². The van der Waals surface area contributed by atoms with Crippen molar-refractivity contribution in [2.24, 2.45) is 0 Å². The lowest BCUT2D eigenvalue weighted by Gasteiger charge is -2.24. The van der Waals surface area contributed by atoms with Gasteiger partial charge in [0, 0.05) is 6.54 Å².